The van der Waals surface area contributed by atoms with Crippen LogP contribution in [-0.4, -0.2) is 18.6 Å². The average molecular weight is 235 g/mol. The molecule has 0 saturated carbocycles. The van der Waals surface area contributed by atoms with E-state index in [4.69, 9.17) is 4.74 Å². The van der Waals surface area contributed by atoms with Crippen LogP contribution in [0.15, 0.2) is 18.2 Å². The number of ether oxygens (including phenoxy) is 1. The summed E-state index contributed by atoms with van der Waals surface area (Å²) >= 11 is 0. The summed E-state index contributed by atoms with van der Waals surface area (Å²) in [5.74, 6) is 0.865. The lowest BCUT2D eigenvalue weighted by Crippen LogP contribution is -2.31. The van der Waals surface area contributed by atoms with Crippen molar-refractivity contribution in [2.24, 2.45) is 0 Å². The van der Waals surface area contributed by atoms with Crippen molar-refractivity contribution >= 4 is 5.91 Å². The smallest absolute Gasteiger partial charge is 0.223 e. The van der Waals surface area contributed by atoms with Crippen LogP contribution in [0.2, 0.25) is 0 Å². The van der Waals surface area contributed by atoms with Crippen LogP contribution in [0.5, 0.6) is 5.75 Å². The molecule has 0 heterocycles. The predicted octanol–water partition coefficient (Wildman–Crippen LogP) is 2.60. The van der Waals surface area contributed by atoms with Crippen molar-refractivity contribution < 1.29 is 9.53 Å². The van der Waals surface area contributed by atoms with Gasteiger partial charge in [-0.2, -0.15) is 0 Å². The molecular weight excluding hydrogens is 214 g/mol. The van der Waals surface area contributed by atoms with E-state index in [0.29, 0.717) is 13.0 Å². The van der Waals surface area contributed by atoms with Gasteiger partial charge in [-0.1, -0.05) is 6.07 Å². The molecular formula is C14H21NO2. The molecule has 0 bridgehead atoms. The van der Waals surface area contributed by atoms with Crippen molar-refractivity contribution in [1.82, 2.24) is 5.32 Å². The van der Waals surface area contributed by atoms with E-state index < -0.39 is 0 Å². The summed E-state index contributed by atoms with van der Waals surface area (Å²) < 4.78 is 5.56. The molecule has 0 aromatic heterocycles. The van der Waals surface area contributed by atoms with Crippen LogP contribution in [0.4, 0.5) is 0 Å². The molecule has 0 aliphatic carbocycles. The third kappa shape index (κ3) is 5.38. The van der Waals surface area contributed by atoms with Gasteiger partial charge >= 0.3 is 0 Å². The maximum Gasteiger partial charge on any atom is 0.223 e. The number of carbonyl (C=O) groups is 1. The molecule has 1 aromatic rings. The highest BCUT2D eigenvalue weighted by Crippen LogP contribution is 2.16. The first-order valence-electron chi connectivity index (χ1n) is 5.98. The molecule has 0 aliphatic heterocycles. The van der Waals surface area contributed by atoms with Gasteiger partial charge < -0.3 is 10.1 Å². The fraction of sp³-hybridized carbons (Fsp3) is 0.500. The Balaban J connectivity index is 2.38. The Hall–Kier alpha value is -1.51. The number of hydrogen-bond donors (Lipinski definition) is 1. The zero-order chi connectivity index (χ0) is 12.8. The summed E-state index contributed by atoms with van der Waals surface area (Å²) in [4.78, 5) is 11.4. The van der Waals surface area contributed by atoms with Gasteiger partial charge in [-0.25, -0.2) is 0 Å². The lowest BCUT2D eigenvalue weighted by Gasteiger charge is -2.10. The number of rotatable bonds is 5. The summed E-state index contributed by atoms with van der Waals surface area (Å²) in [6.45, 7) is 8.38. The van der Waals surface area contributed by atoms with E-state index in [9.17, 15) is 4.79 Å². The molecule has 0 radical (unpaired) electrons. The molecule has 1 rings (SSSR count). The quantitative estimate of drug-likeness (QED) is 0.852. The van der Waals surface area contributed by atoms with E-state index in [0.717, 1.165) is 5.75 Å². The Kier molecular flexibility index (Phi) is 5.01. The van der Waals surface area contributed by atoms with Crippen molar-refractivity contribution in [2.45, 2.75) is 40.2 Å². The van der Waals surface area contributed by atoms with E-state index in [1.165, 1.54) is 11.1 Å². The van der Waals surface area contributed by atoms with Crippen LogP contribution in [0.3, 0.4) is 0 Å². The second-order valence-electron chi connectivity index (χ2n) is 4.64. The van der Waals surface area contributed by atoms with Crippen molar-refractivity contribution in [2.75, 3.05) is 6.61 Å². The van der Waals surface area contributed by atoms with Crippen LogP contribution in [0.25, 0.3) is 0 Å². The highest BCUT2D eigenvalue weighted by atomic mass is 16.5. The third-order valence-electron chi connectivity index (χ3n) is 2.24. The summed E-state index contributed by atoms with van der Waals surface area (Å²) in [5.41, 5.74) is 2.35. The minimum atomic E-state index is 0.0318. The standard InChI is InChI=1S/C14H21NO2/c1-10(2)15-14(16)5-6-17-13-8-11(3)7-12(4)9-13/h7-10H,5-6H2,1-4H3,(H,15,16). The van der Waals surface area contributed by atoms with Gasteiger partial charge in [-0.05, 0) is 51.0 Å². The molecule has 0 spiro atoms. The highest BCUT2D eigenvalue weighted by Gasteiger charge is 2.03. The van der Waals surface area contributed by atoms with E-state index >= 15 is 0 Å². The average Bonchev–Trinajstić information content (AvgIpc) is 2.14. The number of nitrogens with one attached hydrogen (secondary N) is 1. The third-order valence-corrected chi connectivity index (χ3v) is 2.24. The van der Waals surface area contributed by atoms with Crippen LogP contribution in [0, 0.1) is 13.8 Å². The summed E-state index contributed by atoms with van der Waals surface area (Å²) in [6.07, 6.45) is 0.394. The molecule has 1 amide bonds. The minimum absolute atomic E-state index is 0.0318. The highest BCUT2D eigenvalue weighted by molar-refractivity contribution is 5.76. The molecule has 1 aromatic carbocycles. The molecule has 3 nitrogen and oxygen atoms in total. The molecule has 0 saturated heterocycles. The molecule has 0 fully saturated rings. The fourth-order valence-electron chi connectivity index (χ4n) is 1.67. The Bertz CT molecular complexity index is 366. The SMILES string of the molecule is Cc1cc(C)cc(OCCC(=O)NC(C)C)c1. The molecule has 3 heteroatoms. The van der Waals surface area contributed by atoms with Crippen LogP contribution in [-0.2, 0) is 4.79 Å². The predicted molar refractivity (Wildman–Crippen MR) is 69.3 cm³/mol. The van der Waals surface area contributed by atoms with Gasteiger partial charge in [0.25, 0.3) is 0 Å². The first kappa shape index (κ1) is 13.6. The topological polar surface area (TPSA) is 38.3 Å². The van der Waals surface area contributed by atoms with E-state index in [2.05, 4.69) is 11.4 Å². The molecule has 0 atom stereocenters. The molecule has 0 unspecified atom stereocenters. The van der Waals surface area contributed by atoms with Crippen LogP contribution < -0.4 is 10.1 Å². The normalized spacial score (nSPS) is 10.4. The summed E-state index contributed by atoms with van der Waals surface area (Å²) in [5, 5.41) is 2.83. The van der Waals surface area contributed by atoms with E-state index in [1.807, 2.05) is 39.8 Å². The maximum absolute atomic E-state index is 11.4. The van der Waals surface area contributed by atoms with Crippen LogP contribution in [0.1, 0.15) is 31.4 Å². The summed E-state index contributed by atoms with van der Waals surface area (Å²) in [7, 11) is 0. The van der Waals surface area contributed by atoms with E-state index in [1.54, 1.807) is 0 Å². The fourth-order valence-corrected chi connectivity index (χ4v) is 1.67. The molecule has 0 aliphatic rings. The largest absolute Gasteiger partial charge is 0.493 e. The van der Waals surface area contributed by atoms with E-state index in [-0.39, 0.29) is 11.9 Å². The van der Waals surface area contributed by atoms with Gasteiger partial charge in [-0.3, -0.25) is 4.79 Å². The Morgan fingerprint density at radius 3 is 2.35 bits per heavy atom. The van der Waals surface area contributed by atoms with Gasteiger partial charge in [0.05, 0.1) is 13.0 Å². The van der Waals surface area contributed by atoms with Gasteiger partial charge in [-0.15, -0.1) is 0 Å². The number of benzene rings is 1. The number of carbonyl (C=O) groups excluding carboxylic acids is 1. The first-order chi connectivity index (χ1) is 7.97. The number of amides is 1. The summed E-state index contributed by atoms with van der Waals surface area (Å²) in [6, 6.07) is 6.24. The Morgan fingerprint density at radius 2 is 1.82 bits per heavy atom. The zero-order valence-electron chi connectivity index (χ0n) is 11.0. The van der Waals surface area contributed by atoms with Gasteiger partial charge in [0.1, 0.15) is 5.75 Å². The molecule has 1 N–H and O–H groups in total. The van der Waals surface area contributed by atoms with Crippen molar-refractivity contribution in [3.63, 3.8) is 0 Å². The second kappa shape index (κ2) is 6.28. The second-order valence-corrected chi connectivity index (χ2v) is 4.64. The van der Waals surface area contributed by atoms with Gasteiger partial charge in [0.15, 0.2) is 0 Å². The number of aryl methyl sites for hydroxylation is 2. The van der Waals surface area contributed by atoms with Gasteiger partial charge in [0.2, 0.25) is 5.91 Å². The van der Waals surface area contributed by atoms with Crippen molar-refractivity contribution in [3.05, 3.63) is 29.3 Å². The maximum atomic E-state index is 11.4. The monoisotopic (exact) mass is 235 g/mol. The molecule has 94 valence electrons. The van der Waals surface area contributed by atoms with Gasteiger partial charge in [0, 0.05) is 6.04 Å². The minimum Gasteiger partial charge on any atom is -0.493 e. The lowest BCUT2D eigenvalue weighted by atomic mass is 10.1. The Morgan fingerprint density at radius 1 is 1.24 bits per heavy atom. The van der Waals surface area contributed by atoms with Crippen LogP contribution >= 0.6 is 0 Å². The van der Waals surface area contributed by atoms with Crippen molar-refractivity contribution in [3.8, 4) is 5.75 Å². The van der Waals surface area contributed by atoms with Crippen molar-refractivity contribution in [1.29, 1.82) is 0 Å². The lowest BCUT2D eigenvalue weighted by molar-refractivity contribution is -0.122. The Labute approximate surface area is 103 Å². The number of hydrogen-bond acceptors (Lipinski definition) is 2. The first-order valence-corrected chi connectivity index (χ1v) is 5.98. The zero-order valence-corrected chi connectivity index (χ0v) is 11.0. The molecule has 17 heavy (non-hydrogen) atoms.